The SMILES string of the molecule is Cc1cccc(N(c2ccc(-c3ccc(N(c4cccc(C)c4)c4cccc(C(F)(F)F)c4)cc3)cc2)c2cccc(C(F)(F)F)c2)c1. The number of aryl methyl sites for hydroxylation is 2. The first-order valence-electron chi connectivity index (χ1n) is 15.2. The molecular formula is C40H30F6N2. The highest BCUT2D eigenvalue weighted by Crippen LogP contribution is 2.41. The maximum absolute atomic E-state index is 13.6. The topological polar surface area (TPSA) is 6.48 Å². The van der Waals surface area contributed by atoms with Crippen LogP contribution in [0.4, 0.5) is 60.5 Å². The monoisotopic (exact) mass is 652 g/mol. The van der Waals surface area contributed by atoms with Gasteiger partial charge in [-0.1, -0.05) is 60.7 Å². The minimum absolute atomic E-state index is 0.373. The number of rotatable bonds is 7. The first-order valence-corrected chi connectivity index (χ1v) is 15.2. The highest BCUT2D eigenvalue weighted by molar-refractivity contribution is 5.81. The number of hydrogen-bond donors (Lipinski definition) is 0. The van der Waals surface area contributed by atoms with Crippen molar-refractivity contribution in [3.63, 3.8) is 0 Å². The quantitative estimate of drug-likeness (QED) is 0.158. The van der Waals surface area contributed by atoms with E-state index in [0.717, 1.165) is 57.9 Å². The van der Waals surface area contributed by atoms with Gasteiger partial charge in [-0.3, -0.25) is 0 Å². The number of benzene rings is 6. The van der Waals surface area contributed by atoms with E-state index in [0.29, 0.717) is 22.7 Å². The maximum Gasteiger partial charge on any atom is 0.416 e. The van der Waals surface area contributed by atoms with Gasteiger partial charge in [0.2, 0.25) is 0 Å². The molecule has 0 fully saturated rings. The van der Waals surface area contributed by atoms with Crippen molar-refractivity contribution >= 4 is 34.1 Å². The van der Waals surface area contributed by atoms with Gasteiger partial charge in [-0.2, -0.15) is 26.3 Å². The predicted octanol–water partition coefficient (Wildman–Crippen LogP) is 12.9. The molecule has 6 aromatic rings. The van der Waals surface area contributed by atoms with Gasteiger partial charge in [0, 0.05) is 34.1 Å². The standard InChI is InChI=1S/C40H30F6N2/c1-27-7-3-11-35(23-27)47(37-13-5-9-31(25-37)39(41,42)43)33-19-15-29(16-20-33)30-17-21-34(22-18-30)48(36-12-4-8-28(2)24-36)38-14-6-10-32(26-38)40(44,45)46/h3-26H,1-2H3. The molecule has 2 nitrogen and oxygen atoms in total. The minimum atomic E-state index is -4.49. The Kier molecular flexibility index (Phi) is 8.75. The fourth-order valence-corrected chi connectivity index (χ4v) is 5.68. The molecule has 0 radical (unpaired) electrons. The molecule has 6 rings (SSSR count). The molecule has 0 N–H and O–H groups in total. The summed E-state index contributed by atoms with van der Waals surface area (Å²) in [5, 5.41) is 0. The molecule has 0 unspecified atom stereocenters. The average Bonchev–Trinajstić information content (AvgIpc) is 3.05. The molecule has 48 heavy (non-hydrogen) atoms. The van der Waals surface area contributed by atoms with Crippen molar-refractivity contribution in [1.29, 1.82) is 0 Å². The molecule has 8 heteroatoms. The third-order valence-electron chi connectivity index (χ3n) is 7.97. The highest BCUT2D eigenvalue weighted by Gasteiger charge is 2.32. The fourth-order valence-electron chi connectivity index (χ4n) is 5.68. The van der Waals surface area contributed by atoms with Gasteiger partial charge in [0.05, 0.1) is 11.1 Å². The summed E-state index contributed by atoms with van der Waals surface area (Å²) in [7, 11) is 0. The molecule has 0 atom stereocenters. The van der Waals surface area contributed by atoms with Crippen LogP contribution in [0, 0.1) is 13.8 Å². The van der Waals surface area contributed by atoms with Gasteiger partial charge in [-0.05, 0) is 121 Å². The molecule has 0 bridgehead atoms. The van der Waals surface area contributed by atoms with Crippen LogP contribution in [0.1, 0.15) is 22.3 Å². The summed E-state index contributed by atoms with van der Waals surface area (Å²) < 4.78 is 81.8. The van der Waals surface area contributed by atoms with E-state index in [1.54, 1.807) is 21.9 Å². The highest BCUT2D eigenvalue weighted by atomic mass is 19.4. The van der Waals surface area contributed by atoms with Gasteiger partial charge in [0.25, 0.3) is 0 Å². The van der Waals surface area contributed by atoms with Crippen LogP contribution in [0.5, 0.6) is 0 Å². The zero-order valence-corrected chi connectivity index (χ0v) is 26.0. The zero-order valence-electron chi connectivity index (χ0n) is 26.0. The third kappa shape index (κ3) is 7.08. The molecule has 0 aliphatic heterocycles. The molecule has 0 aromatic heterocycles. The normalized spacial score (nSPS) is 11.8. The van der Waals surface area contributed by atoms with Crippen molar-refractivity contribution in [2.75, 3.05) is 9.80 Å². The number of nitrogens with zero attached hydrogens (tertiary/aromatic N) is 2. The summed E-state index contributed by atoms with van der Waals surface area (Å²) in [6.07, 6.45) is -8.97. The predicted molar refractivity (Wildman–Crippen MR) is 181 cm³/mol. The molecular weight excluding hydrogens is 622 g/mol. The summed E-state index contributed by atoms with van der Waals surface area (Å²) in [6, 6.07) is 40.6. The Morgan fingerprint density at radius 2 is 0.667 bits per heavy atom. The number of hydrogen-bond acceptors (Lipinski definition) is 2. The van der Waals surface area contributed by atoms with E-state index in [9.17, 15) is 26.3 Å². The Hall–Kier alpha value is -5.50. The van der Waals surface area contributed by atoms with Crippen LogP contribution in [-0.4, -0.2) is 0 Å². The van der Waals surface area contributed by atoms with Crippen molar-refractivity contribution in [2.24, 2.45) is 0 Å². The second-order valence-corrected chi connectivity index (χ2v) is 11.5. The fraction of sp³-hybridized carbons (Fsp3) is 0.100. The lowest BCUT2D eigenvalue weighted by Gasteiger charge is -2.27. The van der Waals surface area contributed by atoms with Crippen molar-refractivity contribution in [3.8, 4) is 11.1 Å². The van der Waals surface area contributed by atoms with Crippen molar-refractivity contribution < 1.29 is 26.3 Å². The van der Waals surface area contributed by atoms with Gasteiger partial charge >= 0.3 is 12.4 Å². The Labute approximate surface area is 275 Å². The molecule has 0 saturated carbocycles. The van der Waals surface area contributed by atoms with Crippen molar-refractivity contribution in [2.45, 2.75) is 26.2 Å². The second-order valence-electron chi connectivity index (χ2n) is 11.5. The van der Waals surface area contributed by atoms with E-state index >= 15 is 0 Å². The van der Waals surface area contributed by atoms with Crippen LogP contribution in [0.15, 0.2) is 146 Å². The van der Waals surface area contributed by atoms with Crippen LogP contribution >= 0.6 is 0 Å². The van der Waals surface area contributed by atoms with Crippen LogP contribution in [-0.2, 0) is 12.4 Å². The lowest BCUT2D eigenvalue weighted by Crippen LogP contribution is -2.12. The molecule has 242 valence electrons. The van der Waals surface area contributed by atoms with E-state index < -0.39 is 23.5 Å². The number of halogens is 6. The largest absolute Gasteiger partial charge is 0.416 e. The average molecular weight is 653 g/mol. The van der Waals surface area contributed by atoms with Gasteiger partial charge in [-0.25, -0.2) is 0 Å². The molecule has 0 aliphatic carbocycles. The summed E-state index contributed by atoms with van der Waals surface area (Å²) >= 11 is 0. The van der Waals surface area contributed by atoms with Crippen LogP contribution in [0.3, 0.4) is 0 Å². The zero-order chi connectivity index (χ0) is 34.1. The summed E-state index contributed by atoms with van der Waals surface area (Å²) in [6.45, 7) is 3.85. The molecule has 6 aromatic carbocycles. The molecule has 0 amide bonds. The summed E-state index contributed by atoms with van der Waals surface area (Å²) in [5.41, 5.74) is 5.71. The van der Waals surface area contributed by atoms with Gasteiger partial charge < -0.3 is 9.80 Å². The summed E-state index contributed by atoms with van der Waals surface area (Å²) in [5.74, 6) is 0. The lowest BCUT2D eigenvalue weighted by atomic mass is 10.0. The van der Waals surface area contributed by atoms with E-state index in [1.165, 1.54) is 12.1 Å². The van der Waals surface area contributed by atoms with Gasteiger partial charge in [0.1, 0.15) is 0 Å². The van der Waals surface area contributed by atoms with E-state index in [1.807, 2.05) is 111 Å². The summed E-state index contributed by atoms with van der Waals surface area (Å²) in [4.78, 5) is 3.56. The number of anilines is 6. The van der Waals surface area contributed by atoms with Crippen LogP contribution < -0.4 is 9.80 Å². The molecule has 0 saturated heterocycles. The Balaban J connectivity index is 1.35. The van der Waals surface area contributed by atoms with Crippen molar-refractivity contribution in [1.82, 2.24) is 0 Å². The second kappa shape index (κ2) is 13.0. The molecule has 0 spiro atoms. The third-order valence-corrected chi connectivity index (χ3v) is 7.97. The Bertz CT molecular complexity index is 1880. The first-order chi connectivity index (χ1) is 22.9. The Morgan fingerprint density at radius 1 is 0.354 bits per heavy atom. The molecule has 0 aliphatic rings. The van der Waals surface area contributed by atoms with Gasteiger partial charge in [-0.15, -0.1) is 0 Å². The van der Waals surface area contributed by atoms with E-state index in [-0.39, 0.29) is 0 Å². The first kappa shape index (κ1) is 32.4. The minimum Gasteiger partial charge on any atom is -0.310 e. The van der Waals surface area contributed by atoms with Crippen molar-refractivity contribution in [3.05, 3.63) is 168 Å². The van der Waals surface area contributed by atoms with Gasteiger partial charge in [0.15, 0.2) is 0 Å². The van der Waals surface area contributed by atoms with Crippen LogP contribution in [0.25, 0.3) is 11.1 Å². The maximum atomic E-state index is 13.6. The number of alkyl halides is 6. The lowest BCUT2D eigenvalue weighted by molar-refractivity contribution is -0.138. The Morgan fingerprint density at radius 3 is 0.979 bits per heavy atom. The molecule has 0 heterocycles. The van der Waals surface area contributed by atoms with E-state index in [4.69, 9.17) is 0 Å². The van der Waals surface area contributed by atoms with E-state index in [2.05, 4.69) is 0 Å². The van der Waals surface area contributed by atoms with Crippen LogP contribution in [0.2, 0.25) is 0 Å². The smallest absolute Gasteiger partial charge is 0.310 e.